The molecule has 0 bridgehead atoms. The molecule has 0 aromatic carbocycles. The molecular formula is C15H25N5O4. The number of amides is 2. The van der Waals surface area contributed by atoms with Gasteiger partial charge in [-0.15, -0.1) is 0 Å². The lowest BCUT2D eigenvalue weighted by molar-refractivity contribution is -0.131. The lowest BCUT2D eigenvalue weighted by Crippen LogP contribution is -2.42. The van der Waals surface area contributed by atoms with Crippen LogP contribution in [0, 0.1) is 5.92 Å². The van der Waals surface area contributed by atoms with Gasteiger partial charge < -0.3 is 25.2 Å². The second kappa shape index (κ2) is 8.74. The fourth-order valence-corrected chi connectivity index (χ4v) is 2.66. The summed E-state index contributed by atoms with van der Waals surface area (Å²) < 4.78 is 10.0. The van der Waals surface area contributed by atoms with E-state index >= 15 is 0 Å². The predicted octanol–water partition coefficient (Wildman–Crippen LogP) is -0.539. The minimum Gasteiger partial charge on any atom is -0.384 e. The van der Waals surface area contributed by atoms with Gasteiger partial charge >= 0.3 is 0 Å². The first-order valence-electron chi connectivity index (χ1n) is 8.08. The van der Waals surface area contributed by atoms with Crippen LogP contribution in [0.2, 0.25) is 0 Å². The molecule has 2 rings (SSSR count). The van der Waals surface area contributed by atoms with Gasteiger partial charge in [-0.3, -0.25) is 9.59 Å². The van der Waals surface area contributed by atoms with Crippen LogP contribution >= 0.6 is 0 Å². The summed E-state index contributed by atoms with van der Waals surface area (Å²) >= 11 is 0. The van der Waals surface area contributed by atoms with Crippen LogP contribution in [0.4, 0.5) is 0 Å². The molecule has 1 saturated heterocycles. The number of carbonyl (C=O) groups excluding carboxylic acids is 2. The molecular weight excluding hydrogens is 314 g/mol. The highest BCUT2D eigenvalue weighted by atomic mass is 16.5. The second-order valence-electron chi connectivity index (χ2n) is 6.02. The van der Waals surface area contributed by atoms with Crippen LogP contribution in [0.5, 0.6) is 0 Å². The van der Waals surface area contributed by atoms with Crippen molar-refractivity contribution in [2.24, 2.45) is 11.7 Å². The Hall–Kier alpha value is -2.00. The number of nitrogens with zero attached hydrogens (tertiary/aromatic N) is 3. The quantitative estimate of drug-likeness (QED) is 0.713. The summed E-state index contributed by atoms with van der Waals surface area (Å²) in [6.45, 7) is 3.07. The molecule has 0 saturated carbocycles. The number of methoxy groups -OCH3 is 1. The van der Waals surface area contributed by atoms with Crippen molar-refractivity contribution >= 4 is 11.8 Å². The third kappa shape index (κ3) is 5.27. The normalized spacial score (nSPS) is 21.4. The summed E-state index contributed by atoms with van der Waals surface area (Å²) in [5.41, 5.74) is 5.96. The van der Waals surface area contributed by atoms with E-state index in [0.29, 0.717) is 50.7 Å². The van der Waals surface area contributed by atoms with Gasteiger partial charge in [0.05, 0.1) is 25.5 Å². The van der Waals surface area contributed by atoms with Crippen molar-refractivity contribution < 1.29 is 18.8 Å². The minimum absolute atomic E-state index is 0.0638. The minimum atomic E-state index is -0.276. The van der Waals surface area contributed by atoms with E-state index in [0.717, 1.165) is 0 Å². The van der Waals surface area contributed by atoms with Crippen LogP contribution in [0.3, 0.4) is 0 Å². The zero-order valence-electron chi connectivity index (χ0n) is 14.2. The highest BCUT2D eigenvalue weighted by Gasteiger charge is 2.28. The molecule has 1 aliphatic heterocycles. The highest BCUT2D eigenvalue weighted by molar-refractivity contribution is 5.80. The molecule has 1 aromatic rings. The number of nitrogens with one attached hydrogen (secondary N) is 1. The standard InChI is InChI=1S/C15H25N5O4/c1-10(21)20-8-11(3-4-12(16)9-20)15(22)17-7-13-18-14(24-19-13)5-6-23-2/h11-12H,3-9,16H2,1-2H3,(H,17,22)/t11-,12+/m1/s1. The SMILES string of the molecule is COCCc1nc(CNC(=O)[C@@H]2CC[C@H](N)CN(C(C)=O)C2)no1. The van der Waals surface area contributed by atoms with E-state index in [9.17, 15) is 9.59 Å². The molecule has 1 aliphatic rings. The van der Waals surface area contributed by atoms with Gasteiger partial charge in [-0.2, -0.15) is 4.98 Å². The second-order valence-corrected chi connectivity index (χ2v) is 6.02. The van der Waals surface area contributed by atoms with E-state index in [4.69, 9.17) is 15.0 Å². The van der Waals surface area contributed by atoms with Crippen LogP contribution in [0.1, 0.15) is 31.5 Å². The van der Waals surface area contributed by atoms with Crippen LogP contribution in [-0.2, 0) is 27.3 Å². The lowest BCUT2D eigenvalue weighted by atomic mass is 10.0. The van der Waals surface area contributed by atoms with Gasteiger partial charge in [0, 0.05) is 33.2 Å². The zero-order chi connectivity index (χ0) is 17.5. The smallest absolute Gasteiger partial charge is 0.229 e. The van der Waals surface area contributed by atoms with Gasteiger partial charge in [-0.05, 0) is 12.8 Å². The van der Waals surface area contributed by atoms with Gasteiger partial charge in [0.15, 0.2) is 5.82 Å². The number of aromatic nitrogens is 2. The van der Waals surface area contributed by atoms with E-state index in [-0.39, 0.29) is 30.3 Å². The predicted molar refractivity (Wildman–Crippen MR) is 84.7 cm³/mol. The Labute approximate surface area is 140 Å². The molecule has 1 fully saturated rings. The fourth-order valence-electron chi connectivity index (χ4n) is 2.66. The largest absolute Gasteiger partial charge is 0.384 e. The Morgan fingerprint density at radius 3 is 2.92 bits per heavy atom. The molecule has 0 unspecified atom stereocenters. The van der Waals surface area contributed by atoms with E-state index in [1.165, 1.54) is 6.92 Å². The van der Waals surface area contributed by atoms with E-state index in [1.807, 2.05) is 0 Å². The molecule has 0 spiro atoms. The van der Waals surface area contributed by atoms with Crippen LogP contribution in [0.15, 0.2) is 4.52 Å². The molecule has 9 nitrogen and oxygen atoms in total. The van der Waals surface area contributed by atoms with Crippen LogP contribution in [0.25, 0.3) is 0 Å². The number of carbonyl (C=O) groups is 2. The summed E-state index contributed by atoms with van der Waals surface area (Å²) in [5.74, 6) is 0.430. The Kier molecular flexibility index (Phi) is 6.68. The molecule has 2 heterocycles. The van der Waals surface area contributed by atoms with Crippen molar-refractivity contribution in [1.29, 1.82) is 0 Å². The summed E-state index contributed by atoms with van der Waals surface area (Å²) in [7, 11) is 1.60. The van der Waals surface area contributed by atoms with Crippen LogP contribution in [-0.4, -0.2) is 59.7 Å². The van der Waals surface area contributed by atoms with Crippen molar-refractivity contribution in [3.63, 3.8) is 0 Å². The van der Waals surface area contributed by atoms with E-state index in [2.05, 4.69) is 15.5 Å². The molecule has 134 valence electrons. The first kappa shape index (κ1) is 18.3. The van der Waals surface area contributed by atoms with Crippen molar-refractivity contribution in [3.05, 3.63) is 11.7 Å². The summed E-state index contributed by atoms with van der Waals surface area (Å²) in [6.07, 6.45) is 1.90. The average molecular weight is 339 g/mol. The van der Waals surface area contributed by atoms with Crippen molar-refractivity contribution in [2.45, 2.75) is 38.8 Å². The number of rotatable bonds is 6. The van der Waals surface area contributed by atoms with Gasteiger partial charge in [-0.1, -0.05) is 5.16 Å². The first-order valence-corrected chi connectivity index (χ1v) is 8.08. The maximum Gasteiger partial charge on any atom is 0.229 e. The number of ether oxygens (including phenoxy) is 1. The lowest BCUT2D eigenvalue weighted by Gasteiger charge is -2.23. The molecule has 24 heavy (non-hydrogen) atoms. The Bertz CT molecular complexity index is 562. The Balaban J connectivity index is 1.86. The first-order chi connectivity index (χ1) is 11.5. The van der Waals surface area contributed by atoms with Crippen molar-refractivity contribution in [1.82, 2.24) is 20.4 Å². The summed E-state index contributed by atoms with van der Waals surface area (Å²) in [5, 5.41) is 6.63. The van der Waals surface area contributed by atoms with Gasteiger partial charge in [-0.25, -0.2) is 0 Å². The molecule has 2 atom stereocenters. The number of hydrogen-bond donors (Lipinski definition) is 2. The molecule has 2 amide bonds. The van der Waals surface area contributed by atoms with Crippen LogP contribution < -0.4 is 11.1 Å². The third-order valence-corrected chi connectivity index (χ3v) is 4.05. The third-order valence-electron chi connectivity index (χ3n) is 4.05. The van der Waals surface area contributed by atoms with E-state index < -0.39 is 0 Å². The average Bonchev–Trinajstić information content (AvgIpc) is 2.91. The maximum atomic E-state index is 12.4. The molecule has 3 N–H and O–H groups in total. The highest BCUT2D eigenvalue weighted by Crippen LogP contribution is 2.16. The molecule has 1 aromatic heterocycles. The molecule has 0 aliphatic carbocycles. The molecule has 0 radical (unpaired) electrons. The van der Waals surface area contributed by atoms with E-state index in [1.54, 1.807) is 12.0 Å². The Morgan fingerprint density at radius 2 is 2.21 bits per heavy atom. The monoisotopic (exact) mass is 339 g/mol. The summed E-state index contributed by atoms with van der Waals surface area (Å²) in [4.78, 5) is 29.8. The van der Waals surface area contributed by atoms with Crippen molar-refractivity contribution in [2.75, 3.05) is 26.8 Å². The Morgan fingerprint density at radius 1 is 1.42 bits per heavy atom. The van der Waals surface area contributed by atoms with Gasteiger partial charge in [0.25, 0.3) is 0 Å². The number of hydrogen-bond acceptors (Lipinski definition) is 7. The van der Waals surface area contributed by atoms with Crippen molar-refractivity contribution in [3.8, 4) is 0 Å². The maximum absolute atomic E-state index is 12.4. The number of likely N-dealkylation sites (tertiary alicyclic amines) is 1. The number of nitrogens with two attached hydrogens (primary N) is 1. The fraction of sp³-hybridized carbons (Fsp3) is 0.733. The zero-order valence-corrected chi connectivity index (χ0v) is 14.2. The summed E-state index contributed by atoms with van der Waals surface area (Å²) in [6, 6.07) is -0.0905. The van der Waals surface area contributed by atoms with Gasteiger partial charge in [0.2, 0.25) is 17.7 Å². The van der Waals surface area contributed by atoms with Gasteiger partial charge in [0.1, 0.15) is 0 Å². The molecule has 9 heteroatoms. The topological polar surface area (TPSA) is 124 Å².